The van der Waals surface area contributed by atoms with Crippen LogP contribution in [0.3, 0.4) is 0 Å². The minimum atomic E-state index is 0.726. The summed E-state index contributed by atoms with van der Waals surface area (Å²) >= 11 is 0. The second-order valence-corrected chi connectivity index (χ2v) is 5.93. The Morgan fingerprint density at radius 3 is 2.70 bits per heavy atom. The summed E-state index contributed by atoms with van der Waals surface area (Å²) in [6.07, 6.45) is 4.97. The normalized spacial score (nSPS) is 18.7. The molecule has 1 N–H and O–H groups in total. The number of H-pyrrole nitrogens is 1. The Labute approximate surface area is 119 Å². The molecule has 0 atom stereocenters. The number of aryl methyl sites for hydroxylation is 1. The monoisotopic (exact) mass is 268 g/mol. The maximum Gasteiger partial charge on any atom is 0.119 e. The molecule has 1 saturated heterocycles. The quantitative estimate of drug-likeness (QED) is 0.902. The fraction of sp³-hybridized carbons (Fsp3) is 0.412. The fourth-order valence-electron chi connectivity index (χ4n) is 3.72. The molecule has 2 bridgehead atoms. The second-order valence-electron chi connectivity index (χ2n) is 5.93. The predicted octanol–water partition coefficient (Wildman–Crippen LogP) is 3.55. The Bertz CT molecular complexity index is 690. The van der Waals surface area contributed by atoms with E-state index >= 15 is 0 Å². The Balaban J connectivity index is 1.92. The van der Waals surface area contributed by atoms with Crippen molar-refractivity contribution in [3.05, 3.63) is 35.7 Å². The zero-order valence-electron chi connectivity index (χ0n) is 12.1. The third-order valence-corrected chi connectivity index (χ3v) is 4.77. The predicted molar refractivity (Wildman–Crippen MR) is 81.9 cm³/mol. The molecule has 3 heteroatoms. The SMILES string of the molecule is COc1ccc2[nH]c(C)c(C3=CN4CCC3CC4)c2c1. The van der Waals surface area contributed by atoms with Crippen LogP contribution in [0.2, 0.25) is 0 Å². The Kier molecular flexibility index (Phi) is 2.56. The smallest absolute Gasteiger partial charge is 0.119 e. The first-order valence-corrected chi connectivity index (χ1v) is 7.38. The van der Waals surface area contributed by atoms with E-state index in [1.807, 2.05) is 6.07 Å². The number of methoxy groups -OCH3 is 1. The topological polar surface area (TPSA) is 28.3 Å². The van der Waals surface area contributed by atoms with Crippen LogP contribution in [0.1, 0.15) is 24.1 Å². The van der Waals surface area contributed by atoms with Crippen LogP contribution in [0.4, 0.5) is 0 Å². The molecule has 0 saturated carbocycles. The summed E-state index contributed by atoms with van der Waals surface area (Å²) < 4.78 is 5.39. The molecule has 2 aromatic rings. The Morgan fingerprint density at radius 1 is 1.25 bits per heavy atom. The number of hydrogen-bond donors (Lipinski definition) is 1. The third kappa shape index (κ3) is 1.65. The van der Waals surface area contributed by atoms with Gasteiger partial charge in [0.05, 0.1) is 7.11 Å². The van der Waals surface area contributed by atoms with Crippen molar-refractivity contribution in [2.24, 2.45) is 5.92 Å². The molecule has 1 aromatic carbocycles. The van der Waals surface area contributed by atoms with Gasteiger partial charge in [-0.15, -0.1) is 0 Å². The van der Waals surface area contributed by atoms with Crippen LogP contribution in [-0.2, 0) is 0 Å². The largest absolute Gasteiger partial charge is 0.497 e. The minimum absolute atomic E-state index is 0.726. The molecular formula is C17H20N2O. The van der Waals surface area contributed by atoms with Crippen LogP contribution in [0.15, 0.2) is 24.4 Å². The Hall–Kier alpha value is -1.90. The number of piperidine rings is 1. The van der Waals surface area contributed by atoms with Crippen LogP contribution in [0, 0.1) is 12.8 Å². The number of aromatic nitrogens is 1. The van der Waals surface area contributed by atoms with E-state index in [4.69, 9.17) is 4.74 Å². The van der Waals surface area contributed by atoms with E-state index in [1.165, 1.54) is 53.7 Å². The van der Waals surface area contributed by atoms with Crippen LogP contribution >= 0.6 is 0 Å². The molecule has 3 nitrogen and oxygen atoms in total. The number of benzene rings is 1. The molecule has 0 spiro atoms. The summed E-state index contributed by atoms with van der Waals surface area (Å²) in [4.78, 5) is 5.99. The van der Waals surface area contributed by atoms with Crippen molar-refractivity contribution in [2.45, 2.75) is 19.8 Å². The van der Waals surface area contributed by atoms with Crippen molar-refractivity contribution in [3.63, 3.8) is 0 Å². The first-order chi connectivity index (χ1) is 9.76. The van der Waals surface area contributed by atoms with E-state index in [2.05, 4.69) is 35.1 Å². The van der Waals surface area contributed by atoms with Crippen LogP contribution in [0.25, 0.3) is 16.5 Å². The standard InChI is InChI=1S/C17H20N2O/c1-11-17(15-10-19-7-5-12(15)6-8-19)14-9-13(20-2)3-4-16(14)18-11/h3-4,9-10,12,18H,5-8H2,1-2H3. The molecule has 5 rings (SSSR count). The number of fused-ring (bicyclic) bond motifs is 3. The van der Waals surface area contributed by atoms with E-state index in [1.54, 1.807) is 7.11 Å². The van der Waals surface area contributed by atoms with Gasteiger partial charge in [-0.25, -0.2) is 0 Å². The number of nitrogens with zero attached hydrogens (tertiary/aromatic N) is 1. The van der Waals surface area contributed by atoms with Gasteiger partial charge in [0.2, 0.25) is 0 Å². The van der Waals surface area contributed by atoms with Gasteiger partial charge in [-0.1, -0.05) is 0 Å². The van der Waals surface area contributed by atoms with Gasteiger partial charge < -0.3 is 14.6 Å². The van der Waals surface area contributed by atoms with E-state index < -0.39 is 0 Å². The number of nitrogens with one attached hydrogen (secondary N) is 1. The minimum Gasteiger partial charge on any atom is -0.497 e. The molecule has 20 heavy (non-hydrogen) atoms. The zero-order chi connectivity index (χ0) is 13.7. The maximum absolute atomic E-state index is 5.39. The molecule has 4 heterocycles. The average molecular weight is 268 g/mol. The third-order valence-electron chi connectivity index (χ3n) is 4.77. The molecule has 0 radical (unpaired) electrons. The van der Waals surface area contributed by atoms with Crippen molar-refractivity contribution in [1.82, 2.24) is 9.88 Å². The van der Waals surface area contributed by atoms with Crippen LogP contribution < -0.4 is 4.74 Å². The average Bonchev–Trinajstić information content (AvgIpc) is 2.83. The van der Waals surface area contributed by atoms with E-state index in [0.29, 0.717) is 0 Å². The lowest BCUT2D eigenvalue weighted by Crippen LogP contribution is -2.35. The van der Waals surface area contributed by atoms with Crippen molar-refractivity contribution in [2.75, 3.05) is 20.2 Å². The lowest BCUT2D eigenvalue weighted by Gasteiger charge is -2.39. The number of allylic oxidation sites excluding steroid dienone is 1. The van der Waals surface area contributed by atoms with Crippen molar-refractivity contribution in [1.29, 1.82) is 0 Å². The highest BCUT2D eigenvalue weighted by Gasteiger charge is 2.30. The lowest BCUT2D eigenvalue weighted by molar-refractivity contribution is 0.252. The number of hydrogen-bond acceptors (Lipinski definition) is 2. The van der Waals surface area contributed by atoms with Gasteiger partial charge in [-0.3, -0.25) is 0 Å². The zero-order valence-corrected chi connectivity index (χ0v) is 12.1. The molecular weight excluding hydrogens is 248 g/mol. The summed E-state index contributed by atoms with van der Waals surface area (Å²) in [6.45, 7) is 4.62. The summed E-state index contributed by atoms with van der Waals surface area (Å²) in [6, 6.07) is 6.30. The number of rotatable bonds is 2. The number of ether oxygens (including phenoxy) is 1. The van der Waals surface area contributed by atoms with Gasteiger partial charge in [0.25, 0.3) is 0 Å². The van der Waals surface area contributed by atoms with Crippen molar-refractivity contribution in [3.8, 4) is 5.75 Å². The first-order valence-electron chi connectivity index (χ1n) is 7.38. The van der Waals surface area contributed by atoms with Crippen LogP contribution in [0.5, 0.6) is 5.75 Å². The lowest BCUT2D eigenvalue weighted by atomic mass is 9.81. The molecule has 0 unspecified atom stereocenters. The second kappa shape index (κ2) is 4.30. The number of aromatic amines is 1. The molecule has 1 fully saturated rings. The van der Waals surface area contributed by atoms with Gasteiger partial charge in [0, 0.05) is 41.4 Å². The van der Waals surface area contributed by atoms with Gasteiger partial charge in [0.15, 0.2) is 0 Å². The molecule has 0 aliphatic carbocycles. The molecule has 3 aliphatic heterocycles. The van der Waals surface area contributed by atoms with Gasteiger partial charge >= 0.3 is 0 Å². The summed E-state index contributed by atoms with van der Waals surface area (Å²) in [5.74, 6) is 1.66. The Morgan fingerprint density at radius 2 is 2.05 bits per heavy atom. The van der Waals surface area contributed by atoms with Crippen molar-refractivity contribution < 1.29 is 4.74 Å². The van der Waals surface area contributed by atoms with E-state index in [-0.39, 0.29) is 0 Å². The van der Waals surface area contributed by atoms with Crippen molar-refractivity contribution >= 4 is 16.5 Å². The van der Waals surface area contributed by atoms with E-state index in [0.717, 1.165) is 11.7 Å². The summed E-state index contributed by atoms with van der Waals surface area (Å²) in [5, 5.41) is 1.29. The maximum atomic E-state index is 5.39. The van der Waals surface area contributed by atoms with Crippen LogP contribution in [-0.4, -0.2) is 30.1 Å². The van der Waals surface area contributed by atoms with Gasteiger partial charge in [-0.2, -0.15) is 0 Å². The van der Waals surface area contributed by atoms with Gasteiger partial charge in [-0.05, 0) is 49.5 Å². The van der Waals surface area contributed by atoms with Gasteiger partial charge in [0.1, 0.15) is 5.75 Å². The van der Waals surface area contributed by atoms with E-state index in [9.17, 15) is 0 Å². The molecule has 1 aromatic heterocycles. The molecule has 0 amide bonds. The molecule has 3 aliphatic rings. The first kappa shape index (κ1) is 11.9. The highest BCUT2D eigenvalue weighted by atomic mass is 16.5. The summed E-state index contributed by atoms with van der Waals surface area (Å²) in [7, 11) is 1.73. The highest BCUT2D eigenvalue weighted by Crippen LogP contribution is 2.41. The highest BCUT2D eigenvalue weighted by molar-refractivity contribution is 5.95. The molecule has 104 valence electrons. The summed E-state index contributed by atoms with van der Waals surface area (Å²) in [5.41, 5.74) is 5.39. The fourth-order valence-corrected chi connectivity index (χ4v) is 3.72.